The molecule has 0 aromatic heterocycles. The van der Waals surface area contributed by atoms with Crippen molar-refractivity contribution in [1.82, 2.24) is 10.6 Å². The van der Waals surface area contributed by atoms with E-state index in [4.69, 9.17) is 16.1 Å². The van der Waals surface area contributed by atoms with Crippen LogP contribution in [0.1, 0.15) is 38.2 Å². The third-order valence-electron chi connectivity index (χ3n) is 4.49. The Kier molecular flexibility index (Phi) is 9.29. The average molecular weight is 430 g/mol. The molecule has 10 heteroatoms. The summed E-state index contributed by atoms with van der Waals surface area (Å²) in [7, 11) is 1.19. The van der Waals surface area contributed by atoms with Gasteiger partial charge >= 0.3 is 12.1 Å². The van der Waals surface area contributed by atoms with E-state index in [1.807, 2.05) is 6.92 Å². The molecular formula is C21H26N4O6. The van der Waals surface area contributed by atoms with E-state index in [-0.39, 0.29) is 25.5 Å². The Morgan fingerprint density at radius 1 is 1.32 bits per heavy atom. The summed E-state index contributed by atoms with van der Waals surface area (Å²) in [5.41, 5.74) is 2.05. The molecule has 2 rings (SSSR count). The van der Waals surface area contributed by atoms with Gasteiger partial charge in [0.05, 0.1) is 32.4 Å². The number of unbranched alkanes of at least 4 members (excludes halogenated alkanes) is 1. The molecule has 0 saturated heterocycles. The molecule has 1 aliphatic heterocycles. The first-order valence-corrected chi connectivity index (χ1v) is 9.95. The normalized spacial score (nSPS) is 15.6. The monoisotopic (exact) mass is 430 g/mol. The lowest BCUT2D eigenvalue weighted by atomic mass is 10.0. The van der Waals surface area contributed by atoms with Gasteiger partial charge in [-0.15, -0.1) is 0 Å². The number of oxime groups is 1. The summed E-state index contributed by atoms with van der Waals surface area (Å²) in [5.74, 6) is -1.06. The summed E-state index contributed by atoms with van der Waals surface area (Å²) < 4.78 is 9.63. The number of hydrogen-bond acceptors (Lipinski definition) is 7. The lowest BCUT2D eigenvalue weighted by Gasteiger charge is -2.17. The molecule has 0 spiro atoms. The average Bonchev–Trinajstić information content (AvgIpc) is 3.24. The van der Waals surface area contributed by atoms with E-state index >= 15 is 0 Å². The van der Waals surface area contributed by atoms with Crippen LogP contribution in [0.4, 0.5) is 10.5 Å². The van der Waals surface area contributed by atoms with Crippen molar-refractivity contribution in [2.24, 2.45) is 5.16 Å². The van der Waals surface area contributed by atoms with Gasteiger partial charge in [0.25, 0.3) is 0 Å². The van der Waals surface area contributed by atoms with Crippen LogP contribution < -0.4 is 10.6 Å². The van der Waals surface area contributed by atoms with Gasteiger partial charge < -0.3 is 24.9 Å². The van der Waals surface area contributed by atoms with Crippen LogP contribution in [0, 0.1) is 6.57 Å². The van der Waals surface area contributed by atoms with Crippen molar-refractivity contribution in [1.29, 1.82) is 0 Å². The highest BCUT2D eigenvalue weighted by Crippen LogP contribution is 2.21. The molecule has 0 fully saturated rings. The summed E-state index contributed by atoms with van der Waals surface area (Å²) in [6.45, 7) is 9.04. The summed E-state index contributed by atoms with van der Waals surface area (Å²) >= 11 is 0. The van der Waals surface area contributed by atoms with Gasteiger partial charge in [0.15, 0.2) is 5.69 Å². The van der Waals surface area contributed by atoms with E-state index < -0.39 is 24.2 Å². The van der Waals surface area contributed by atoms with Crippen molar-refractivity contribution in [3.05, 3.63) is 41.2 Å². The summed E-state index contributed by atoms with van der Waals surface area (Å²) in [6.07, 6.45) is 0.848. The molecule has 2 amide bonds. The van der Waals surface area contributed by atoms with Gasteiger partial charge in [-0.25, -0.2) is 14.4 Å². The number of benzene rings is 1. The fourth-order valence-corrected chi connectivity index (χ4v) is 2.76. The standard InChI is InChI=1S/C21H26N4O6/c1-4-5-10-30-21(28)24-18(20(27)29-3)13-23-19(26)12-16-11-17(25-31-16)14-6-8-15(22-2)9-7-14/h6-9,16,18H,4-5,10-13H2,1,3H3,(H,23,26)(H,24,28)/t16-,18+/m1/s1. The number of nitrogens with one attached hydrogen (secondary N) is 2. The minimum absolute atomic E-state index is 0.0297. The summed E-state index contributed by atoms with van der Waals surface area (Å²) in [6, 6.07) is 5.88. The Hall–Kier alpha value is -3.61. The second-order valence-electron chi connectivity index (χ2n) is 6.85. The molecule has 166 valence electrons. The molecular weight excluding hydrogens is 404 g/mol. The molecule has 1 heterocycles. The predicted molar refractivity (Wildman–Crippen MR) is 112 cm³/mol. The molecule has 0 aliphatic carbocycles. The quantitative estimate of drug-likeness (QED) is 0.334. The van der Waals surface area contributed by atoms with Gasteiger partial charge in [0, 0.05) is 13.0 Å². The Balaban J connectivity index is 1.79. The number of methoxy groups -OCH3 is 1. The number of ether oxygens (including phenoxy) is 2. The number of esters is 1. The molecule has 0 radical (unpaired) electrons. The van der Waals surface area contributed by atoms with Crippen molar-refractivity contribution >= 4 is 29.4 Å². The van der Waals surface area contributed by atoms with Gasteiger partial charge in [-0.05, 0) is 12.0 Å². The summed E-state index contributed by atoms with van der Waals surface area (Å²) in [4.78, 5) is 44.6. The second-order valence-corrected chi connectivity index (χ2v) is 6.85. The molecule has 0 saturated carbocycles. The Morgan fingerprint density at radius 3 is 2.71 bits per heavy atom. The van der Waals surface area contributed by atoms with Crippen LogP contribution in [0.25, 0.3) is 4.85 Å². The van der Waals surface area contributed by atoms with Gasteiger partial charge in [-0.3, -0.25) is 4.79 Å². The van der Waals surface area contributed by atoms with E-state index in [1.54, 1.807) is 24.3 Å². The topological polar surface area (TPSA) is 120 Å². The fourth-order valence-electron chi connectivity index (χ4n) is 2.76. The number of nitrogens with zero attached hydrogens (tertiary/aromatic N) is 2. The third kappa shape index (κ3) is 7.62. The van der Waals surface area contributed by atoms with Crippen LogP contribution in [0.3, 0.4) is 0 Å². The molecule has 10 nitrogen and oxygen atoms in total. The highest BCUT2D eigenvalue weighted by molar-refractivity contribution is 6.01. The number of carbonyl (C=O) groups excluding carboxylic acids is 3. The van der Waals surface area contributed by atoms with Crippen LogP contribution in [-0.2, 0) is 23.9 Å². The Labute approximate surface area is 180 Å². The lowest BCUT2D eigenvalue weighted by Crippen LogP contribution is -2.49. The van der Waals surface area contributed by atoms with Crippen molar-refractivity contribution < 1.29 is 28.7 Å². The van der Waals surface area contributed by atoms with E-state index in [9.17, 15) is 14.4 Å². The summed E-state index contributed by atoms with van der Waals surface area (Å²) in [5, 5.41) is 9.00. The molecule has 1 aliphatic rings. The molecule has 31 heavy (non-hydrogen) atoms. The first-order chi connectivity index (χ1) is 15.0. The smallest absolute Gasteiger partial charge is 0.407 e. The van der Waals surface area contributed by atoms with Crippen molar-refractivity contribution in [2.75, 3.05) is 20.3 Å². The molecule has 0 bridgehead atoms. The zero-order chi connectivity index (χ0) is 22.6. The predicted octanol–water partition coefficient (Wildman–Crippen LogP) is 2.30. The molecule has 1 aromatic carbocycles. The van der Waals surface area contributed by atoms with Crippen LogP contribution in [0.2, 0.25) is 0 Å². The fraction of sp³-hybridized carbons (Fsp3) is 0.476. The SMILES string of the molecule is [C-]#[N+]c1ccc(C2=NO[C@@H](CC(=O)NC[C@H](NC(=O)OCCCC)C(=O)OC)C2)cc1. The van der Waals surface area contributed by atoms with Crippen LogP contribution in [0.15, 0.2) is 29.4 Å². The molecule has 2 atom stereocenters. The molecule has 2 N–H and O–H groups in total. The first-order valence-electron chi connectivity index (χ1n) is 9.95. The van der Waals surface area contributed by atoms with E-state index in [0.717, 1.165) is 12.0 Å². The maximum absolute atomic E-state index is 12.3. The number of hydrogen-bond donors (Lipinski definition) is 2. The molecule has 1 aromatic rings. The van der Waals surface area contributed by atoms with Crippen LogP contribution >= 0.6 is 0 Å². The van der Waals surface area contributed by atoms with Crippen molar-refractivity contribution in [3.63, 3.8) is 0 Å². The zero-order valence-corrected chi connectivity index (χ0v) is 17.6. The Bertz CT molecular complexity index is 846. The minimum atomic E-state index is -1.07. The lowest BCUT2D eigenvalue weighted by molar-refractivity contribution is -0.143. The Morgan fingerprint density at radius 2 is 2.06 bits per heavy atom. The van der Waals surface area contributed by atoms with E-state index in [1.165, 1.54) is 7.11 Å². The van der Waals surface area contributed by atoms with Crippen molar-refractivity contribution in [2.45, 2.75) is 44.8 Å². The van der Waals surface area contributed by atoms with Crippen molar-refractivity contribution in [3.8, 4) is 0 Å². The largest absolute Gasteiger partial charge is 0.467 e. The highest BCUT2D eigenvalue weighted by Gasteiger charge is 2.27. The van der Waals surface area contributed by atoms with Gasteiger partial charge in [-0.1, -0.05) is 42.8 Å². The minimum Gasteiger partial charge on any atom is -0.467 e. The van der Waals surface area contributed by atoms with Gasteiger partial charge in [0.2, 0.25) is 5.91 Å². The number of carbonyl (C=O) groups is 3. The number of alkyl carbamates (subject to hydrolysis) is 1. The highest BCUT2D eigenvalue weighted by atomic mass is 16.6. The van der Waals surface area contributed by atoms with Gasteiger partial charge in [-0.2, -0.15) is 0 Å². The van der Waals surface area contributed by atoms with E-state index in [2.05, 4.69) is 25.4 Å². The third-order valence-corrected chi connectivity index (χ3v) is 4.49. The number of rotatable bonds is 10. The van der Waals surface area contributed by atoms with Crippen LogP contribution in [0.5, 0.6) is 0 Å². The maximum atomic E-state index is 12.3. The zero-order valence-electron chi connectivity index (χ0n) is 17.6. The number of amides is 2. The van der Waals surface area contributed by atoms with Crippen LogP contribution in [-0.4, -0.2) is 56.1 Å². The maximum Gasteiger partial charge on any atom is 0.407 e. The van der Waals surface area contributed by atoms with Gasteiger partial charge in [0.1, 0.15) is 12.1 Å². The second kappa shape index (κ2) is 12.2. The molecule has 0 unspecified atom stereocenters. The van der Waals surface area contributed by atoms with E-state index in [0.29, 0.717) is 24.2 Å². The first kappa shape index (κ1) is 23.7.